The second kappa shape index (κ2) is 6.95. The molecule has 2 aromatic carbocycles. The summed E-state index contributed by atoms with van der Waals surface area (Å²) in [4.78, 5) is 2.43. The molecule has 0 fully saturated rings. The zero-order chi connectivity index (χ0) is 15.4. The van der Waals surface area contributed by atoms with Crippen molar-refractivity contribution in [2.75, 3.05) is 20.2 Å². The van der Waals surface area contributed by atoms with Gasteiger partial charge in [-0.3, -0.25) is 4.90 Å². The van der Waals surface area contributed by atoms with Crippen molar-refractivity contribution in [2.45, 2.75) is 25.5 Å². The molecule has 3 nitrogen and oxygen atoms in total. The van der Waals surface area contributed by atoms with Crippen molar-refractivity contribution in [3.63, 3.8) is 0 Å². The molecule has 3 heteroatoms. The molecule has 0 bridgehead atoms. The number of nitrogens with zero attached hydrogens (tertiary/aromatic N) is 1. The van der Waals surface area contributed by atoms with E-state index in [4.69, 9.17) is 4.74 Å². The minimum absolute atomic E-state index is 0.414. The number of hydrogen-bond acceptors (Lipinski definition) is 3. The van der Waals surface area contributed by atoms with Crippen LogP contribution >= 0.6 is 0 Å². The minimum Gasteiger partial charge on any atom is -0.497 e. The van der Waals surface area contributed by atoms with E-state index >= 15 is 0 Å². The van der Waals surface area contributed by atoms with E-state index in [0.717, 1.165) is 43.8 Å². The highest BCUT2D eigenvalue weighted by atomic mass is 16.5. The number of hydrogen-bond donors (Lipinski definition) is 1. The van der Waals surface area contributed by atoms with Crippen LogP contribution in [0.4, 0.5) is 0 Å². The molecule has 2 aromatic rings. The first-order valence-electron chi connectivity index (χ1n) is 7.87. The average molecular weight is 297 g/mol. The third-order valence-corrected chi connectivity index (χ3v) is 4.43. The monoisotopic (exact) mass is 297 g/mol. The first-order chi connectivity index (χ1) is 10.8. The molecule has 0 radical (unpaired) electrons. The lowest BCUT2D eigenvalue weighted by molar-refractivity contribution is 0.137. The lowest BCUT2D eigenvalue weighted by atomic mass is 9.99. The third kappa shape index (κ3) is 3.49. The molecule has 22 heavy (non-hydrogen) atoms. The van der Waals surface area contributed by atoms with Gasteiger partial charge in [-0.25, -0.2) is 0 Å². The predicted octanol–water partition coefficient (Wildman–Crippen LogP) is 3.18. The largest absolute Gasteiger partial charge is 0.497 e. The third-order valence-electron chi connectivity index (χ3n) is 4.43. The molecule has 1 aliphatic rings. The zero-order valence-corrected chi connectivity index (χ0v) is 13.0. The molecule has 0 saturated carbocycles. The maximum Gasteiger partial charge on any atom is 0.118 e. The number of aliphatic hydroxyl groups is 1. The molecular formula is C19H23NO2. The van der Waals surface area contributed by atoms with Crippen molar-refractivity contribution in [3.8, 4) is 5.75 Å². The summed E-state index contributed by atoms with van der Waals surface area (Å²) in [6.07, 6.45) is 1.45. The Labute approximate surface area is 132 Å². The van der Waals surface area contributed by atoms with Crippen LogP contribution in [0.2, 0.25) is 0 Å². The lowest BCUT2D eigenvalue weighted by Gasteiger charge is -2.29. The number of ether oxygens (including phenoxy) is 1. The van der Waals surface area contributed by atoms with Gasteiger partial charge in [0.2, 0.25) is 0 Å². The fraction of sp³-hybridized carbons (Fsp3) is 0.368. The highest BCUT2D eigenvalue weighted by molar-refractivity contribution is 5.29. The van der Waals surface area contributed by atoms with Crippen LogP contribution in [0.25, 0.3) is 0 Å². The van der Waals surface area contributed by atoms with Crippen molar-refractivity contribution in [1.82, 2.24) is 4.90 Å². The van der Waals surface area contributed by atoms with Gasteiger partial charge in [0, 0.05) is 19.6 Å². The van der Waals surface area contributed by atoms with Crippen molar-refractivity contribution in [3.05, 3.63) is 65.2 Å². The van der Waals surface area contributed by atoms with Gasteiger partial charge in [0.15, 0.2) is 0 Å². The molecule has 116 valence electrons. The Morgan fingerprint density at radius 2 is 1.82 bits per heavy atom. The summed E-state index contributed by atoms with van der Waals surface area (Å²) >= 11 is 0. The Balaban J connectivity index is 1.54. The van der Waals surface area contributed by atoms with Crippen LogP contribution < -0.4 is 4.74 Å². The lowest BCUT2D eigenvalue weighted by Crippen LogP contribution is -2.32. The van der Waals surface area contributed by atoms with E-state index in [0.29, 0.717) is 0 Å². The number of fused-ring (bicyclic) bond motifs is 1. The van der Waals surface area contributed by atoms with E-state index in [2.05, 4.69) is 29.2 Å². The maximum atomic E-state index is 10.3. The SMILES string of the molecule is COc1ccc(C(O)CCN2CCc3ccccc3C2)cc1. The summed E-state index contributed by atoms with van der Waals surface area (Å²) in [7, 11) is 1.65. The molecule has 0 saturated heterocycles. The van der Waals surface area contributed by atoms with Gasteiger partial charge < -0.3 is 9.84 Å². The average Bonchev–Trinajstić information content (AvgIpc) is 2.59. The van der Waals surface area contributed by atoms with Crippen LogP contribution in [0, 0.1) is 0 Å². The molecular weight excluding hydrogens is 274 g/mol. The Morgan fingerprint density at radius 3 is 2.55 bits per heavy atom. The van der Waals surface area contributed by atoms with Crippen molar-refractivity contribution in [1.29, 1.82) is 0 Å². The van der Waals surface area contributed by atoms with Crippen molar-refractivity contribution >= 4 is 0 Å². The first kappa shape index (κ1) is 15.1. The van der Waals surface area contributed by atoms with E-state index in [1.54, 1.807) is 7.11 Å². The smallest absolute Gasteiger partial charge is 0.118 e. The van der Waals surface area contributed by atoms with Crippen molar-refractivity contribution < 1.29 is 9.84 Å². The summed E-state index contributed by atoms with van der Waals surface area (Å²) in [5, 5.41) is 10.3. The Bertz CT molecular complexity index is 609. The fourth-order valence-electron chi connectivity index (χ4n) is 3.04. The zero-order valence-electron chi connectivity index (χ0n) is 13.0. The predicted molar refractivity (Wildman–Crippen MR) is 88.0 cm³/mol. The number of rotatable bonds is 5. The molecule has 1 atom stereocenters. The molecule has 0 aliphatic carbocycles. The molecule has 0 spiro atoms. The summed E-state index contributed by atoms with van der Waals surface area (Å²) in [6.45, 7) is 2.99. The fourth-order valence-corrected chi connectivity index (χ4v) is 3.04. The molecule has 0 aromatic heterocycles. The highest BCUT2D eigenvalue weighted by Gasteiger charge is 2.17. The second-order valence-electron chi connectivity index (χ2n) is 5.87. The van der Waals surface area contributed by atoms with Gasteiger partial charge in [0.25, 0.3) is 0 Å². The van der Waals surface area contributed by atoms with E-state index < -0.39 is 6.10 Å². The first-order valence-corrected chi connectivity index (χ1v) is 7.87. The van der Waals surface area contributed by atoms with Gasteiger partial charge in [-0.05, 0) is 41.7 Å². The van der Waals surface area contributed by atoms with Gasteiger partial charge in [0.1, 0.15) is 5.75 Å². The Kier molecular flexibility index (Phi) is 4.76. The van der Waals surface area contributed by atoms with E-state index in [1.807, 2.05) is 24.3 Å². The van der Waals surface area contributed by atoms with Crippen molar-refractivity contribution in [2.24, 2.45) is 0 Å². The molecule has 1 unspecified atom stereocenters. The quantitative estimate of drug-likeness (QED) is 0.920. The van der Waals surface area contributed by atoms with Crippen LogP contribution in [0.15, 0.2) is 48.5 Å². The number of aliphatic hydroxyl groups excluding tert-OH is 1. The molecule has 3 rings (SSSR count). The number of methoxy groups -OCH3 is 1. The summed E-state index contributed by atoms with van der Waals surface area (Å²) in [5.74, 6) is 0.823. The number of benzene rings is 2. The van der Waals surface area contributed by atoms with Gasteiger partial charge in [-0.15, -0.1) is 0 Å². The molecule has 1 heterocycles. The molecule has 0 amide bonds. The molecule has 1 N–H and O–H groups in total. The van der Waals surface area contributed by atoms with Gasteiger partial charge in [0.05, 0.1) is 13.2 Å². The molecule has 1 aliphatic heterocycles. The van der Waals surface area contributed by atoms with E-state index in [-0.39, 0.29) is 0 Å². The Hall–Kier alpha value is -1.84. The second-order valence-corrected chi connectivity index (χ2v) is 5.87. The van der Waals surface area contributed by atoms with Crippen LogP contribution in [0.1, 0.15) is 29.2 Å². The van der Waals surface area contributed by atoms with Crippen LogP contribution in [-0.2, 0) is 13.0 Å². The van der Waals surface area contributed by atoms with Gasteiger partial charge in [-0.1, -0.05) is 36.4 Å². The standard InChI is InChI=1S/C19H23NO2/c1-22-18-8-6-16(7-9-18)19(21)11-13-20-12-10-15-4-2-3-5-17(15)14-20/h2-9,19,21H,10-14H2,1H3. The van der Waals surface area contributed by atoms with Crippen LogP contribution in [0.3, 0.4) is 0 Å². The van der Waals surface area contributed by atoms with E-state index in [1.165, 1.54) is 11.1 Å². The van der Waals surface area contributed by atoms with Gasteiger partial charge >= 0.3 is 0 Å². The summed E-state index contributed by atoms with van der Waals surface area (Å²) in [6, 6.07) is 16.3. The minimum atomic E-state index is -0.414. The highest BCUT2D eigenvalue weighted by Crippen LogP contribution is 2.23. The van der Waals surface area contributed by atoms with Gasteiger partial charge in [-0.2, -0.15) is 0 Å². The normalized spacial score (nSPS) is 16.1. The van der Waals surface area contributed by atoms with Crippen LogP contribution in [0.5, 0.6) is 5.75 Å². The van der Waals surface area contributed by atoms with Crippen LogP contribution in [-0.4, -0.2) is 30.2 Å². The summed E-state index contributed by atoms with van der Waals surface area (Å²) in [5.41, 5.74) is 3.85. The maximum absolute atomic E-state index is 10.3. The summed E-state index contributed by atoms with van der Waals surface area (Å²) < 4.78 is 5.15. The Morgan fingerprint density at radius 1 is 1.09 bits per heavy atom. The van der Waals surface area contributed by atoms with E-state index in [9.17, 15) is 5.11 Å². The topological polar surface area (TPSA) is 32.7 Å².